The van der Waals surface area contributed by atoms with Gasteiger partial charge in [0.25, 0.3) is 10.1 Å². The highest BCUT2D eigenvalue weighted by molar-refractivity contribution is 7.86. The van der Waals surface area contributed by atoms with Crippen LogP contribution in [0.4, 0.5) is 0 Å². The van der Waals surface area contributed by atoms with E-state index in [0.717, 1.165) is 36.6 Å². The highest BCUT2D eigenvalue weighted by Crippen LogP contribution is 2.32. The Morgan fingerprint density at radius 1 is 0.526 bits per heavy atom. The van der Waals surface area contributed by atoms with Crippen molar-refractivity contribution in [3.8, 4) is 0 Å². The lowest BCUT2D eigenvalue weighted by atomic mass is 9.94. The van der Waals surface area contributed by atoms with Gasteiger partial charge in [-0.1, -0.05) is 160 Å². The van der Waals surface area contributed by atoms with Crippen molar-refractivity contribution in [2.24, 2.45) is 0 Å². The summed E-state index contributed by atoms with van der Waals surface area (Å²) in [5, 5.41) is 1.66. The molecule has 1 N–H and O–H groups in total. The van der Waals surface area contributed by atoms with Gasteiger partial charge in [0.05, 0.1) is 0 Å². The highest BCUT2D eigenvalue weighted by atomic mass is 32.2. The quantitative estimate of drug-likeness (QED) is 0.112. The van der Waals surface area contributed by atoms with Crippen molar-refractivity contribution in [2.45, 2.75) is 160 Å². The Morgan fingerprint density at radius 3 is 1.32 bits per heavy atom. The zero-order valence-corrected chi connectivity index (χ0v) is 25.4. The molecule has 0 atom stereocenters. The Labute approximate surface area is 235 Å². The van der Waals surface area contributed by atoms with E-state index in [1.165, 1.54) is 115 Å². The third kappa shape index (κ3) is 12.6. The Balaban J connectivity index is 1.91. The molecule has 216 valence electrons. The molecule has 2 aromatic carbocycles. The summed E-state index contributed by atoms with van der Waals surface area (Å²) in [5.74, 6) is 0. The van der Waals surface area contributed by atoms with Gasteiger partial charge in [-0.2, -0.15) is 8.42 Å². The van der Waals surface area contributed by atoms with E-state index < -0.39 is 10.1 Å². The van der Waals surface area contributed by atoms with Crippen LogP contribution in [0.25, 0.3) is 10.8 Å². The van der Waals surface area contributed by atoms with Gasteiger partial charge in [-0.25, -0.2) is 0 Å². The summed E-state index contributed by atoms with van der Waals surface area (Å²) >= 11 is 0. The molecule has 3 nitrogen and oxygen atoms in total. The fourth-order valence-electron chi connectivity index (χ4n) is 5.79. The van der Waals surface area contributed by atoms with E-state index in [4.69, 9.17) is 0 Å². The summed E-state index contributed by atoms with van der Waals surface area (Å²) in [6, 6.07) is 9.82. The monoisotopic (exact) mass is 544 g/mol. The van der Waals surface area contributed by atoms with Gasteiger partial charge in [0.1, 0.15) is 4.90 Å². The van der Waals surface area contributed by atoms with Gasteiger partial charge in [0, 0.05) is 5.39 Å². The summed E-state index contributed by atoms with van der Waals surface area (Å²) in [7, 11) is -4.28. The second-order valence-electron chi connectivity index (χ2n) is 11.4. The van der Waals surface area contributed by atoms with E-state index in [2.05, 4.69) is 19.9 Å². The summed E-state index contributed by atoms with van der Waals surface area (Å²) in [6.45, 7) is 4.52. The minimum atomic E-state index is -4.28. The van der Waals surface area contributed by atoms with E-state index in [0.29, 0.717) is 11.8 Å². The number of hydrogen-bond acceptors (Lipinski definition) is 2. The Hall–Kier alpha value is -1.39. The number of rotatable bonds is 23. The molecule has 0 spiro atoms. The van der Waals surface area contributed by atoms with Gasteiger partial charge in [-0.3, -0.25) is 4.55 Å². The van der Waals surface area contributed by atoms with E-state index in [1.54, 1.807) is 0 Å². The van der Waals surface area contributed by atoms with Crippen molar-refractivity contribution in [3.05, 3.63) is 41.5 Å². The molecule has 0 amide bonds. The third-order valence-electron chi connectivity index (χ3n) is 8.02. The lowest BCUT2D eigenvalue weighted by Gasteiger charge is -2.15. The second kappa shape index (κ2) is 19.6. The maximum Gasteiger partial charge on any atom is 0.295 e. The van der Waals surface area contributed by atoms with E-state index in [1.807, 2.05) is 24.3 Å². The van der Waals surface area contributed by atoms with Gasteiger partial charge in [-0.05, 0) is 42.2 Å². The van der Waals surface area contributed by atoms with Gasteiger partial charge >= 0.3 is 0 Å². The second-order valence-corrected chi connectivity index (χ2v) is 12.8. The average Bonchev–Trinajstić information content (AvgIpc) is 2.90. The molecule has 2 rings (SSSR count). The van der Waals surface area contributed by atoms with Crippen LogP contribution in [0.15, 0.2) is 35.2 Å². The molecule has 0 radical (unpaired) electrons. The van der Waals surface area contributed by atoms with Crippen molar-refractivity contribution in [1.82, 2.24) is 0 Å². The fourth-order valence-corrected chi connectivity index (χ4v) is 6.74. The molecule has 0 saturated carbocycles. The van der Waals surface area contributed by atoms with Crippen LogP contribution in [-0.4, -0.2) is 13.0 Å². The molecule has 0 fully saturated rings. The summed E-state index contributed by atoms with van der Waals surface area (Å²) in [5.41, 5.74) is 2.03. The number of benzene rings is 2. The predicted molar refractivity (Wildman–Crippen MR) is 165 cm³/mol. The largest absolute Gasteiger partial charge is 0.295 e. The Kier molecular flexibility index (Phi) is 17.0. The lowest BCUT2D eigenvalue weighted by Crippen LogP contribution is -2.06. The minimum absolute atomic E-state index is 0.135. The fraction of sp³-hybridized carbons (Fsp3) is 0.706. The van der Waals surface area contributed by atoms with Crippen LogP contribution in [0, 0.1) is 0 Å². The molecule has 0 aromatic heterocycles. The molecule has 0 aliphatic carbocycles. The Bertz CT molecular complexity index is 996. The molecule has 2 aromatic rings. The number of aryl methyl sites for hydroxylation is 2. The van der Waals surface area contributed by atoms with Crippen LogP contribution in [0.1, 0.15) is 153 Å². The molecule has 0 saturated heterocycles. The normalized spacial score (nSPS) is 12.0. The zero-order valence-electron chi connectivity index (χ0n) is 24.6. The molecule has 0 aliphatic heterocycles. The number of hydrogen-bond donors (Lipinski definition) is 1. The smallest absolute Gasteiger partial charge is 0.282 e. The van der Waals surface area contributed by atoms with Crippen molar-refractivity contribution in [2.75, 3.05) is 0 Å². The first-order valence-corrected chi connectivity index (χ1v) is 17.4. The van der Waals surface area contributed by atoms with E-state index >= 15 is 0 Å². The molecular formula is C34H56O3S. The van der Waals surface area contributed by atoms with Crippen molar-refractivity contribution < 1.29 is 13.0 Å². The molecule has 4 heteroatoms. The van der Waals surface area contributed by atoms with Gasteiger partial charge < -0.3 is 0 Å². The van der Waals surface area contributed by atoms with Crippen LogP contribution >= 0.6 is 0 Å². The average molecular weight is 545 g/mol. The highest BCUT2D eigenvalue weighted by Gasteiger charge is 2.21. The zero-order chi connectivity index (χ0) is 27.5. The minimum Gasteiger partial charge on any atom is -0.282 e. The van der Waals surface area contributed by atoms with E-state index in [-0.39, 0.29) is 4.90 Å². The third-order valence-corrected chi connectivity index (χ3v) is 9.01. The predicted octanol–water partition coefficient (Wildman–Crippen LogP) is 11.0. The standard InChI is InChI=1S/C34H56O3S/c1-3-5-7-9-11-13-15-17-19-21-25-30-29-31(26-22-20-18-16-14-12-10-8-6-4-2)34(38(35,36)37)33-28-24-23-27-32(30)33/h23-24,27-29H,3-22,25-26H2,1-2H3,(H,35,36,37). The maximum absolute atomic E-state index is 12.5. The maximum atomic E-state index is 12.5. The van der Waals surface area contributed by atoms with Crippen LogP contribution < -0.4 is 0 Å². The van der Waals surface area contributed by atoms with Gasteiger partial charge in [-0.15, -0.1) is 0 Å². The van der Waals surface area contributed by atoms with Crippen LogP contribution in [0.3, 0.4) is 0 Å². The molecule has 0 unspecified atom stereocenters. The summed E-state index contributed by atoms with van der Waals surface area (Å²) < 4.78 is 35.1. The number of unbranched alkanes of at least 4 members (excludes halogenated alkanes) is 18. The van der Waals surface area contributed by atoms with E-state index in [9.17, 15) is 13.0 Å². The Morgan fingerprint density at radius 2 is 0.895 bits per heavy atom. The first kappa shape index (κ1) is 32.8. The molecule has 0 heterocycles. The van der Waals surface area contributed by atoms with Gasteiger partial charge in [0.2, 0.25) is 0 Å². The summed E-state index contributed by atoms with van der Waals surface area (Å²) in [6.07, 6.45) is 27.3. The first-order chi connectivity index (χ1) is 18.5. The first-order valence-electron chi connectivity index (χ1n) is 16.0. The molecule has 38 heavy (non-hydrogen) atoms. The van der Waals surface area contributed by atoms with Crippen molar-refractivity contribution in [1.29, 1.82) is 0 Å². The molecular weight excluding hydrogens is 488 g/mol. The van der Waals surface area contributed by atoms with Gasteiger partial charge in [0.15, 0.2) is 0 Å². The van der Waals surface area contributed by atoms with Crippen LogP contribution in [-0.2, 0) is 23.0 Å². The summed E-state index contributed by atoms with van der Waals surface area (Å²) in [4.78, 5) is 0.135. The van der Waals surface area contributed by atoms with Crippen LogP contribution in [0.5, 0.6) is 0 Å². The molecule has 0 bridgehead atoms. The number of fused-ring (bicyclic) bond motifs is 1. The van der Waals surface area contributed by atoms with Crippen molar-refractivity contribution in [3.63, 3.8) is 0 Å². The SMILES string of the molecule is CCCCCCCCCCCCc1cc(CCCCCCCCCCCC)c2ccccc2c1S(=O)(=O)O. The lowest BCUT2D eigenvalue weighted by molar-refractivity contribution is 0.482. The molecule has 0 aliphatic rings. The van der Waals surface area contributed by atoms with Crippen molar-refractivity contribution >= 4 is 20.9 Å². The van der Waals surface area contributed by atoms with Crippen LogP contribution in [0.2, 0.25) is 0 Å². The topological polar surface area (TPSA) is 54.4 Å².